The van der Waals surface area contributed by atoms with Crippen LogP contribution in [0.1, 0.15) is 25.0 Å². The van der Waals surface area contributed by atoms with Gasteiger partial charge in [-0.25, -0.2) is 12.8 Å². The first kappa shape index (κ1) is 32.9. The molecule has 10 heteroatoms. The second kappa shape index (κ2) is 15.1. The first-order valence-electron chi connectivity index (χ1n) is 14.2. The number of carbonyl (C=O) groups excluding carboxylic acids is 2. The molecule has 1 unspecified atom stereocenters. The second-order valence-corrected chi connectivity index (χ2v) is 13.6. The largest absolute Gasteiger partial charge is 0.354 e. The van der Waals surface area contributed by atoms with Gasteiger partial charge in [-0.05, 0) is 65.6 Å². The normalized spacial score (nSPS) is 12.0. The molecule has 0 aliphatic rings. The Labute approximate surface area is 266 Å². The molecule has 0 aliphatic carbocycles. The van der Waals surface area contributed by atoms with E-state index in [4.69, 9.17) is 0 Å². The third-order valence-corrected chi connectivity index (χ3v) is 9.20. The van der Waals surface area contributed by atoms with Crippen molar-refractivity contribution in [3.8, 4) is 0 Å². The van der Waals surface area contributed by atoms with Gasteiger partial charge in [-0.2, -0.15) is 0 Å². The number of amides is 2. The van der Waals surface area contributed by atoms with Crippen molar-refractivity contribution in [1.29, 1.82) is 0 Å². The molecule has 1 N–H and O–H groups in total. The standard InChI is InChI=1S/C34H35BrFN3O4S/c1-25(2)22-37-34(41)32(21-26-10-5-3-6-11-26)38(23-27-12-9-13-28(35)20-27)33(40)24-39(30-14-7-4-8-15-30)44(42,43)31-18-16-29(36)17-19-31/h3-20,25,32H,21-24H2,1-2H3,(H,37,41). The number of sulfonamides is 1. The van der Waals surface area contributed by atoms with Gasteiger partial charge in [0.15, 0.2) is 0 Å². The molecule has 230 valence electrons. The summed E-state index contributed by atoms with van der Waals surface area (Å²) in [5, 5.41) is 2.97. The van der Waals surface area contributed by atoms with Gasteiger partial charge in [0, 0.05) is 24.0 Å². The van der Waals surface area contributed by atoms with Gasteiger partial charge < -0.3 is 10.2 Å². The predicted molar refractivity (Wildman–Crippen MR) is 174 cm³/mol. The number of para-hydroxylation sites is 1. The molecule has 0 saturated heterocycles. The number of carbonyl (C=O) groups is 2. The molecule has 4 aromatic carbocycles. The van der Waals surface area contributed by atoms with Crippen molar-refractivity contribution < 1.29 is 22.4 Å². The maximum Gasteiger partial charge on any atom is 0.264 e. The number of benzene rings is 4. The summed E-state index contributed by atoms with van der Waals surface area (Å²) in [7, 11) is -4.29. The summed E-state index contributed by atoms with van der Waals surface area (Å²) >= 11 is 3.48. The number of halogens is 2. The van der Waals surface area contributed by atoms with Crippen molar-refractivity contribution in [3.63, 3.8) is 0 Å². The minimum atomic E-state index is -4.29. The Bertz CT molecular complexity index is 1650. The lowest BCUT2D eigenvalue weighted by atomic mass is 10.0. The maximum absolute atomic E-state index is 14.4. The summed E-state index contributed by atoms with van der Waals surface area (Å²) < 4.78 is 43.3. The Balaban J connectivity index is 1.78. The van der Waals surface area contributed by atoms with E-state index in [1.54, 1.807) is 30.3 Å². The van der Waals surface area contributed by atoms with Crippen molar-refractivity contribution in [2.24, 2.45) is 5.92 Å². The Morgan fingerprint density at radius 3 is 2.07 bits per heavy atom. The van der Waals surface area contributed by atoms with E-state index in [-0.39, 0.29) is 35.4 Å². The van der Waals surface area contributed by atoms with Gasteiger partial charge >= 0.3 is 0 Å². The van der Waals surface area contributed by atoms with Crippen LogP contribution >= 0.6 is 15.9 Å². The van der Waals surface area contributed by atoms with E-state index >= 15 is 0 Å². The highest BCUT2D eigenvalue weighted by atomic mass is 79.9. The number of rotatable bonds is 13. The van der Waals surface area contributed by atoms with Gasteiger partial charge in [0.05, 0.1) is 10.6 Å². The molecule has 0 aromatic heterocycles. The van der Waals surface area contributed by atoms with Crippen LogP contribution in [-0.2, 0) is 32.6 Å². The molecule has 0 fully saturated rings. The molecule has 44 heavy (non-hydrogen) atoms. The minimum Gasteiger partial charge on any atom is -0.354 e. The van der Waals surface area contributed by atoms with Crippen LogP contribution in [0.4, 0.5) is 10.1 Å². The van der Waals surface area contributed by atoms with Gasteiger partial charge in [-0.3, -0.25) is 13.9 Å². The molecule has 0 radical (unpaired) electrons. The van der Waals surface area contributed by atoms with Gasteiger partial charge in [0.25, 0.3) is 10.0 Å². The number of nitrogens with zero attached hydrogens (tertiary/aromatic N) is 2. The van der Waals surface area contributed by atoms with Gasteiger partial charge in [-0.1, -0.05) is 90.4 Å². The summed E-state index contributed by atoms with van der Waals surface area (Å²) in [6, 6.07) is 28.6. The van der Waals surface area contributed by atoms with E-state index in [0.29, 0.717) is 6.54 Å². The average molecular weight is 681 g/mol. The van der Waals surface area contributed by atoms with Crippen LogP contribution in [0.25, 0.3) is 0 Å². The van der Waals surface area contributed by atoms with E-state index < -0.39 is 34.3 Å². The van der Waals surface area contributed by atoms with Crippen molar-refractivity contribution >= 4 is 43.5 Å². The highest BCUT2D eigenvalue weighted by molar-refractivity contribution is 9.10. The molecule has 0 spiro atoms. The molecule has 7 nitrogen and oxygen atoms in total. The molecule has 0 saturated carbocycles. The fourth-order valence-corrected chi connectivity index (χ4v) is 6.53. The summed E-state index contributed by atoms with van der Waals surface area (Å²) in [6.45, 7) is 3.85. The SMILES string of the molecule is CC(C)CNC(=O)C(Cc1ccccc1)N(Cc1cccc(Br)c1)C(=O)CN(c1ccccc1)S(=O)(=O)c1ccc(F)cc1. The molecule has 0 heterocycles. The quantitative estimate of drug-likeness (QED) is 0.182. The Morgan fingerprint density at radius 2 is 1.45 bits per heavy atom. The van der Waals surface area contributed by atoms with E-state index in [0.717, 1.165) is 32.0 Å². The zero-order valence-corrected chi connectivity index (χ0v) is 27.0. The number of nitrogens with one attached hydrogen (secondary N) is 1. The van der Waals surface area contributed by atoms with Crippen LogP contribution in [0, 0.1) is 11.7 Å². The highest BCUT2D eigenvalue weighted by Crippen LogP contribution is 2.25. The van der Waals surface area contributed by atoms with Crippen molar-refractivity contribution in [3.05, 3.63) is 131 Å². The molecule has 1 atom stereocenters. The molecule has 0 aliphatic heterocycles. The van der Waals surface area contributed by atoms with Crippen LogP contribution < -0.4 is 9.62 Å². The molecular formula is C34H35BrFN3O4S. The minimum absolute atomic E-state index is 0.0596. The van der Waals surface area contributed by atoms with Crippen molar-refractivity contribution in [1.82, 2.24) is 10.2 Å². The lowest BCUT2D eigenvalue weighted by Crippen LogP contribution is -2.53. The van der Waals surface area contributed by atoms with E-state index in [1.165, 1.54) is 17.0 Å². The van der Waals surface area contributed by atoms with E-state index in [9.17, 15) is 22.4 Å². The zero-order chi connectivity index (χ0) is 31.7. The Morgan fingerprint density at radius 1 is 0.841 bits per heavy atom. The third kappa shape index (κ3) is 8.76. The second-order valence-electron chi connectivity index (χ2n) is 10.8. The van der Waals surface area contributed by atoms with Gasteiger partial charge in [-0.15, -0.1) is 0 Å². The number of anilines is 1. The third-order valence-electron chi connectivity index (χ3n) is 6.92. The first-order chi connectivity index (χ1) is 21.0. The summed E-state index contributed by atoms with van der Waals surface area (Å²) in [5.74, 6) is -1.30. The molecule has 2 amide bonds. The fraction of sp³-hybridized carbons (Fsp3) is 0.235. The summed E-state index contributed by atoms with van der Waals surface area (Å²) in [5.41, 5.74) is 1.87. The first-order valence-corrected chi connectivity index (χ1v) is 16.5. The van der Waals surface area contributed by atoms with Crippen molar-refractivity contribution in [2.75, 3.05) is 17.4 Å². The van der Waals surface area contributed by atoms with Crippen molar-refractivity contribution in [2.45, 2.75) is 37.8 Å². The van der Waals surface area contributed by atoms with E-state index in [2.05, 4.69) is 21.2 Å². The van der Waals surface area contributed by atoms with Crippen LogP contribution in [-0.4, -0.2) is 44.3 Å². The maximum atomic E-state index is 14.4. The average Bonchev–Trinajstić information content (AvgIpc) is 3.01. The monoisotopic (exact) mass is 679 g/mol. The van der Waals surface area contributed by atoms with Gasteiger partial charge in [0.2, 0.25) is 11.8 Å². The lowest BCUT2D eigenvalue weighted by Gasteiger charge is -2.34. The van der Waals surface area contributed by atoms with Gasteiger partial charge in [0.1, 0.15) is 18.4 Å². The Hall–Kier alpha value is -4.02. The lowest BCUT2D eigenvalue weighted by molar-refractivity contribution is -0.140. The Kier molecular flexibility index (Phi) is 11.3. The van der Waals surface area contributed by atoms with Crippen LogP contribution in [0.5, 0.6) is 0 Å². The van der Waals surface area contributed by atoms with E-state index in [1.807, 2.05) is 68.4 Å². The topological polar surface area (TPSA) is 86.8 Å². The zero-order valence-electron chi connectivity index (χ0n) is 24.6. The molecular weight excluding hydrogens is 645 g/mol. The molecule has 0 bridgehead atoms. The number of hydrogen-bond acceptors (Lipinski definition) is 4. The predicted octanol–water partition coefficient (Wildman–Crippen LogP) is 6.20. The fourth-order valence-electron chi connectivity index (χ4n) is 4.67. The summed E-state index contributed by atoms with van der Waals surface area (Å²) in [4.78, 5) is 29.5. The van der Waals surface area contributed by atoms with Crippen LogP contribution in [0.15, 0.2) is 119 Å². The molecule has 4 aromatic rings. The van der Waals surface area contributed by atoms with Crippen LogP contribution in [0.2, 0.25) is 0 Å². The summed E-state index contributed by atoms with van der Waals surface area (Å²) in [6.07, 6.45) is 0.223. The van der Waals surface area contributed by atoms with Crippen LogP contribution in [0.3, 0.4) is 0 Å². The highest BCUT2D eigenvalue weighted by Gasteiger charge is 2.34. The smallest absolute Gasteiger partial charge is 0.264 e. The number of hydrogen-bond donors (Lipinski definition) is 1. The molecule has 4 rings (SSSR count).